The largest absolute Gasteiger partial charge is 0.379 e. The average Bonchev–Trinajstić information content (AvgIpc) is 2.63. The van der Waals surface area contributed by atoms with Gasteiger partial charge in [-0.1, -0.05) is 13.8 Å². The molecule has 0 aliphatic carbocycles. The second-order valence-electron chi connectivity index (χ2n) is 4.68. The lowest BCUT2D eigenvalue weighted by Gasteiger charge is -2.31. The monoisotopic (exact) mass is 214 g/mol. The van der Waals surface area contributed by atoms with Crippen LogP contribution in [-0.2, 0) is 9.53 Å². The van der Waals surface area contributed by atoms with Gasteiger partial charge in [-0.15, -0.1) is 0 Å². The van der Waals surface area contributed by atoms with Gasteiger partial charge in [0.05, 0.1) is 17.7 Å². The highest BCUT2D eigenvalue weighted by Gasteiger charge is 2.37. The highest BCUT2D eigenvalue weighted by molar-refractivity contribution is 5.86. The Morgan fingerprint density at radius 1 is 1.53 bits per heavy atom. The molecule has 88 valence electrons. The molecule has 15 heavy (non-hydrogen) atoms. The van der Waals surface area contributed by atoms with Crippen LogP contribution in [0.15, 0.2) is 0 Å². The molecule has 4 heteroatoms. The highest BCUT2D eigenvalue weighted by Crippen LogP contribution is 2.20. The van der Waals surface area contributed by atoms with Crippen LogP contribution in [0.2, 0.25) is 0 Å². The molecule has 0 saturated carbocycles. The van der Waals surface area contributed by atoms with E-state index in [0.29, 0.717) is 26.1 Å². The summed E-state index contributed by atoms with van der Waals surface area (Å²) in [7, 11) is 0. The van der Waals surface area contributed by atoms with Gasteiger partial charge in [-0.3, -0.25) is 4.79 Å². The van der Waals surface area contributed by atoms with Gasteiger partial charge in [-0.2, -0.15) is 0 Å². The van der Waals surface area contributed by atoms with Crippen molar-refractivity contribution < 1.29 is 9.53 Å². The molecule has 0 aromatic heterocycles. The fourth-order valence-electron chi connectivity index (χ4n) is 1.74. The Balaban J connectivity index is 2.61. The van der Waals surface area contributed by atoms with Crippen LogP contribution in [0.1, 0.15) is 40.0 Å². The number of nitrogens with one attached hydrogen (secondary N) is 1. The number of amides is 1. The van der Waals surface area contributed by atoms with Crippen molar-refractivity contribution in [1.82, 2.24) is 5.32 Å². The van der Waals surface area contributed by atoms with Crippen molar-refractivity contribution in [3.8, 4) is 0 Å². The number of ether oxygens (including phenoxy) is 1. The first kappa shape index (κ1) is 12.5. The maximum Gasteiger partial charge on any atom is 0.240 e. The number of nitrogens with two attached hydrogens (primary N) is 1. The van der Waals surface area contributed by atoms with E-state index in [9.17, 15) is 4.79 Å². The summed E-state index contributed by atoms with van der Waals surface area (Å²) in [5, 5.41) is 3.01. The van der Waals surface area contributed by atoms with Gasteiger partial charge < -0.3 is 15.8 Å². The highest BCUT2D eigenvalue weighted by atomic mass is 16.5. The summed E-state index contributed by atoms with van der Waals surface area (Å²) in [6.45, 7) is 7.19. The van der Waals surface area contributed by atoms with Crippen molar-refractivity contribution in [2.24, 2.45) is 5.73 Å². The molecule has 0 spiro atoms. The van der Waals surface area contributed by atoms with Crippen molar-refractivity contribution in [3.05, 3.63) is 0 Å². The summed E-state index contributed by atoms with van der Waals surface area (Å²) in [6, 6.07) is 0. The van der Waals surface area contributed by atoms with Gasteiger partial charge in [-0.25, -0.2) is 0 Å². The molecule has 1 aliphatic heterocycles. The van der Waals surface area contributed by atoms with E-state index >= 15 is 0 Å². The van der Waals surface area contributed by atoms with Crippen LogP contribution in [0.5, 0.6) is 0 Å². The lowest BCUT2D eigenvalue weighted by Crippen LogP contribution is -2.59. The molecule has 1 saturated heterocycles. The smallest absolute Gasteiger partial charge is 0.240 e. The van der Waals surface area contributed by atoms with Crippen LogP contribution < -0.4 is 11.1 Å². The second-order valence-corrected chi connectivity index (χ2v) is 4.68. The fourth-order valence-corrected chi connectivity index (χ4v) is 1.74. The molecule has 4 nitrogen and oxygen atoms in total. The van der Waals surface area contributed by atoms with Gasteiger partial charge >= 0.3 is 0 Å². The van der Waals surface area contributed by atoms with Gasteiger partial charge in [0.25, 0.3) is 0 Å². The molecule has 0 aromatic rings. The van der Waals surface area contributed by atoms with E-state index in [0.717, 1.165) is 6.42 Å². The summed E-state index contributed by atoms with van der Waals surface area (Å²) in [6.07, 6.45) is 2.18. The fraction of sp³-hybridized carbons (Fsp3) is 0.909. The van der Waals surface area contributed by atoms with Gasteiger partial charge in [0, 0.05) is 6.61 Å². The lowest BCUT2D eigenvalue weighted by molar-refractivity contribution is -0.128. The quantitative estimate of drug-likeness (QED) is 0.727. The van der Waals surface area contributed by atoms with E-state index in [-0.39, 0.29) is 11.4 Å². The first-order chi connectivity index (χ1) is 6.96. The normalized spacial score (nSPS) is 26.7. The van der Waals surface area contributed by atoms with Gasteiger partial charge in [0.2, 0.25) is 5.91 Å². The first-order valence-electron chi connectivity index (χ1n) is 5.65. The van der Waals surface area contributed by atoms with Crippen molar-refractivity contribution in [1.29, 1.82) is 0 Å². The van der Waals surface area contributed by atoms with Crippen LogP contribution in [0.4, 0.5) is 0 Å². The number of carbonyl (C=O) groups is 1. The predicted molar refractivity (Wildman–Crippen MR) is 59.5 cm³/mol. The molecule has 1 rings (SSSR count). The molecule has 1 fully saturated rings. The average molecular weight is 214 g/mol. The van der Waals surface area contributed by atoms with E-state index in [4.69, 9.17) is 10.5 Å². The second kappa shape index (κ2) is 4.49. The maximum absolute atomic E-state index is 12.0. The summed E-state index contributed by atoms with van der Waals surface area (Å²) in [5.74, 6) is -0.0551. The number of hydrogen-bond acceptors (Lipinski definition) is 3. The minimum absolute atomic E-state index is 0.0551. The molecule has 0 radical (unpaired) electrons. The zero-order valence-electron chi connectivity index (χ0n) is 9.93. The minimum Gasteiger partial charge on any atom is -0.379 e. The molecule has 0 aromatic carbocycles. The zero-order valence-corrected chi connectivity index (χ0v) is 9.93. The number of carbonyl (C=O) groups excluding carboxylic acids is 1. The minimum atomic E-state index is -0.731. The Bertz CT molecular complexity index is 231. The zero-order chi connectivity index (χ0) is 11.5. The van der Waals surface area contributed by atoms with Gasteiger partial charge in [0.1, 0.15) is 0 Å². The molecule has 1 atom stereocenters. The number of rotatable bonds is 4. The van der Waals surface area contributed by atoms with E-state index in [1.54, 1.807) is 0 Å². The van der Waals surface area contributed by atoms with Crippen molar-refractivity contribution in [2.45, 2.75) is 51.1 Å². The Kier molecular flexibility index (Phi) is 3.73. The molecular weight excluding hydrogens is 192 g/mol. The van der Waals surface area contributed by atoms with Crippen LogP contribution in [0.25, 0.3) is 0 Å². The van der Waals surface area contributed by atoms with Crippen LogP contribution in [0.3, 0.4) is 0 Å². The summed E-state index contributed by atoms with van der Waals surface area (Å²) >= 11 is 0. The van der Waals surface area contributed by atoms with Gasteiger partial charge in [0.15, 0.2) is 0 Å². The molecule has 1 amide bonds. The molecule has 1 heterocycles. The lowest BCUT2D eigenvalue weighted by atomic mass is 9.91. The SMILES string of the molecule is CCC(N)(CC)C(=O)NC1(C)CCOC1. The first-order valence-corrected chi connectivity index (χ1v) is 5.65. The van der Waals surface area contributed by atoms with Crippen LogP contribution in [0, 0.1) is 0 Å². The van der Waals surface area contributed by atoms with E-state index in [2.05, 4.69) is 5.32 Å². The Morgan fingerprint density at radius 3 is 2.53 bits per heavy atom. The standard InChI is InChI=1S/C11H22N2O2/c1-4-11(12,5-2)9(14)13-10(3)6-7-15-8-10/h4-8,12H2,1-3H3,(H,13,14). The Morgan fingerprint density at radius 2 is 2.13 bits per heavy atom. The maximum atomic E-state index is 12.0. The Hall–Kier alpha value is -0.610. The molecule has 1 unspecified atom stereocenters. The third kappa shape index (κ3) is 2.69. The summed E-state index contributed by atoms with van der Waals surface area (Å²) in [4.78, 5) is 12.0. The molecule has 1 aliphatic rings. The van der Waals surface area contributed by atoms with Crippen molar-refractivity contribution in [3.63, 3.8) is 0 Å². The Labute approximate surface area is 91.5 Å². The van der Waals surface area contributed by atoms with Crippen molar-refractivity contribution in [2.75, 3.05) is 13.2 Å². The van der Waals surface area contributed by atoms with Crippen LogP contribution in [-0.4, -0.2) is 30.2 Å². The van der Waals surface area contributed by atoms with Crippen LogP contribution >= 0.6 is 0 Å². The van der Waals surface area contributed by atoms with E-state index in [1.807, 2.05) is 20.8 Å². The third-order valence-corrected chi connectivity index (χ3v) is 3.35. The molecular formula is C11H22N2O2. The summed E-state index contributed by atoms with van der Waals surface area (Å²) in [5.41, 5.74) is 5.06. The predicted octanol–water partition coefficient (Wildman–Crippen LogP) is 0.799. The topological polar surface area (TPSA) is 64.4 Å². The van der Waals surface area contributed by atoms with E-state index < -0.39 is 5.54 Å². The molecule has 0 bridgehead atoms. The summed E-state index contributed by atoms with van der Waals surface area (Å²) < 4.78 is 5.29. The van der Waals surface area contributed by atoms with E-state index in [1.165, 1.54) is 0 Å². The third-order valence-electron chi connectivity index (χ3n) is 3.35. The van der Waals surface area contributed by atoms with Crippen molar-refractivity contribution >= 4 is 5.91 Å². The number of hydrogen-bond donors (Lipinski definition) is 2. The molecule has 3 N–H and O–H groups in total. The van der Waals surface area contributed by atoms with Gasteiger partial charge in [-0.05, 0) is 26.2 Å².